The van der Waals surface area contributed by atoms with Gasteiger partial charge in [-0.3, -0.25) is 9.69 Å². The minimum atomic E-state index is -0.0649. The lowest BCUT2D eigenvalue weighted by Gasteiger charge is -2.10. The third-order valence-corrected chi connectivity index (χ3v) is 5.65. The molecule has 1 heterocycles. The smallest absolute Gasteiger partial charge is 0.265 e. The quantitative estimate of drug-likeness (QED) is 0.364. The molecule has 0 atom stereocenters. The molecule has 0 aromatic heterocycles. The van der Waals surface area contributed by atoms with Crippen LogP contribution in [-0.4, -0.2) is 35.4 Å². The highest BCUT2D eigenvalue weighted by atomic mass is 32.2. The zero-order valence-electron chi connectivity index (χ0n) is 16.2. The number of rotatable bonds is 7. The molecule has 0 radical (unpaired) electrons. The largest absolute Gasteiger partial charge is 0.493 e. The topological polar surface area (TPSA) is 38.8 Å². The molecule has 0 aliphatic carbocycles. The average molecular weight is 414 g/mol. The number of aryl methyl sites for hydroxylation is 2. The Kier molecular flexibility index (Phi) is 6.75. The van der Waals surface area contributed by atoms with E-state index in [0.717, 1.165) is 23.5 Å². The molecule has 28 heavy (non-hydrogen) atoms. The number of carbonyl (C=O) groups is 1. The Morgan fingerprint density at radius 2 is 1.71 bits per heavy atom. The SMILES string of the molecule is Cc1cc(C)cc(OCCCOc2cccc(/C=C3\SC(=S)N(C)C3=O)c2)c1. The van der Waals surface area contributed by atoms with Crippen molar-refractivity contribution in [2.75, 3.05) is 20.3 Å². The number of carbonyl (C=O) groups excluding carboxylic acids is 1. The van der Waals surface area contributed by atoms with Crippen LogP contribution in [0.2, 0.25) is 0 Å². The predicted molar refractivity (Wildman–Crippen MR) is 119 cm³/mol. The van der Waals surface area contributed by atoms with E-state index in [4.69, 9.17) is 21.7 Å². The summed E-state index contributed by atoms with van der Waals surface area (Å²) in [5.74, 6) is 1.60. The van der Waals surface area contributed by atoms with Gasteiger partial charge < -0.3 is 9.47 Å². The Balaban J connectivity index is 1.50. The van der Waals surface area contributed by atoms with Crippen LogP contribution in [0.1, 0.15) is 23.1 Å². The van der Waals surface area contributed by atoms with Gasteiger partial charge in [0.25, 0.3) is 5.91 Å². The van der Waals surface area contributed by atoms with Gasteiger partial charge in [-0.25, -0.2) is 0 Å². The fourth-order valence-corrected chi connectivity index (χ4v) is 4.03. The highest BCUT2D eigenvalue weighted by Gasteiger charge is 2.28. The van der Waals surface area contributed by atoms with Gasteiger partial charge in [0.15, 0.2) is 0 Å². The van der Waals surface area contributed by atoms with E-state index in [0.29, 0.717) is 22.4 Å². The van der Waals surface area contributed by atoms with Crippen LogP contribution in [0.4, 0.5) is 0 Å². The second kappa shape index (κ2) is 9.26. The fourth-order valence-electron chi connectivity index (χ4n) is 2.85. The van der Waals surface area contributed by atoms with Gasteiger partial charge in [0.2, 0.25) is 0 Å². The third kappa shape index (κ3) is 5.36. The summed E-state index contributed by atoms with van der Waals surface area (Å²) >= 11 is 6.48. The van der Waals surface area contributed by atoms with E-state index in [1.165, 1.54) is 27.8 Å². The van der Waals surface area contributed by atoms with Crippen molar-refractivity contribution in [1.82, 2.24) is 4.90 Å². The Labute approximate surface area is 175 Å². The van der Waals surface area contributed by atoms with Gasteiger partial charge in [-0.2, -0.15) is 0 Å². The van der Waals surface area contributed by atoms with E-state index in [1.54, 1.807) is 7.05 Å². The predicted octanol–water partition coefficient (Wildman–Crippen LogP) is 4.98. The van der Waals surface area contributed by atoms with E-state index in [1.807, 2.05) is 42.5 Å². The molecule has 0 N–H and O–H groups in total. The molecule has 1 saturated heterocycles. The van der Waals surface area contributed by atoms with Gasteiger partial charge >= 0.3 is 0 Å². The molecule has 1 fully saturated rings. The van der Waals surface area contributed by atoms with E-state index < -0.39 is 0 Å². The maximum atomic E-state index is 12.1. The first-order valence-corrected chi connectivity index (χ1v) is 10.3. The molecule has 2 aromatic carbocycles. The van der Waals surface area contributed by atoms with Gasteiger partial charge in [-0.1, -0.05) is 42.2 Å². The number of nitrogens with zero attached hydrogens (tertiary/aromatic N) is 1. The van der Waals surface area contributed by atoms with Crippen molar-refractivity contribution in [3.05, 3.63) is 64.1 Å². The molecular formula is C22H23NO3S2. The van der Waals surface area contributed by atoms with Crippen LogP contribution in [0.25, 0.3) is 6.08 Å². The first kappa shape index (κ1) is 20.4. The second-order valence-electron chi connectivity index (χ2n) is 6.69. The van der Waals surface area contributed by atoms with Gasteiger partial charge in [0.1, 0.15) is 15.8 Å². The second-order valence-corrected chi connectivity index (χ2v) is 8.36. The highest BCUT2D eigenvalue weighted by molar-refractivity contribution is 8.26. The van der Waals surface area contributed by atoms with Crippen molar-refractivity contribution in [2.45, 2.75) is 20.3 Å². The number of ether oxygens (including phenoxy) is 2. The molecule has 0 unspecified atom stereocenters. The van der Waals surface area contributed by atoms with Crippen molar-refractivity contribution in [3.63, 3.8) is 0 Å². The number of hydrogen-bond acceptors (Lipinski definition) is 5. The number of benzene rings is 2. The monoisotopic (exact) mass is 413 g/mol. The number of amides is 1. The molecule has 0 bridgehead atoms. The Hall–Kier alpha value is -2.31. The van der Waals surface area contributed by atoms with E-state index in [9.17, 15) is 4.79 Å². The Bertz CT molecular complexity index is 903. The van der Waals surface area contributed by atoms with Crippen molar-refractivity contribution in [3.8, 4) is 11.5 Å². The van der Waals surface area contributed by atoms with Crippen LogP contribution in [0.5, 0.6) is 11.5 Å². The van der Waals surface area contributed by atoms with Gasteiger partial charge in [-0.05, 0) is 60.9 Å². The van der Waals surface area contributed by atoms with E-state index in [2.05, 4.69) is 19.9 Å². The van der Waals surface area contributed by atoms with Crippen LogP contribution in [0.3, 0.4) is 0 Å². The molecule has 0 saturated carbocycles. The molecule has 0 spiro atoms. The summed E-state index contributed by atoms with van der Waals surface area (Å²) < 4.78 is 12.2. The van der Waals surface area contributed by atoms with Crippen LogP contribution < -0.4 is 9.47 Å². The molecule has 2 aromatic rings. The van der Waals surface area contributed by atoms with Crippen LogP contribution in [-0.2, 0) is 4.79 Å². The van der Waals surface area contributed by atoms with Crippen molar-refractivity contribution in [2.24, 2.45) is 0 Å². The summed E-state index contributed by atoms with van der Waals surface area (Å²) in [5.41, 5.74) is 3.31. The maximum absolute atomic E-state index is 12.1. The number of thioether (sulfide) groups is 1. The Morgan fingerprint density at radius 3 is 2.36 bits per heavy atom. The first-order valence-electron chi connectivity index (χ1n) is 9.08. The Morgan fingerprint density at radius 1 is 1.04 bits per heavy atom. The summed E-state index contributed by atoms with van der Waals surface area (Å²) in [4.78, 5) is 14.2. The lowest BCUT2D eigenvalue weighted by Crippen LogP contribution is -2.22. The van der Waals surface area contributed by atoms with Gasteiger partial charge in [-0.15, -0.1) is 0 Å². The maximum Gasteiger partial charge on any atom is 0.265 e. The summed E-state index contributed by atoms with van der Waals surface area (Å²) in [5, 5.41) is 0. The minimum absolute atomic E-state index is 0.0649. The number of likely N-dealkylation sites (N-methyl/N-ethyl adjacent to an activating group) is 1. The van der Waals surface area contributed by atoms with Gasteiger partial charge in [0.05, 0.1) is 18.1 Å². The summed E-state index contributed by atoms with van der Waals surface area (Å²) in [6.07, 6.45) is 2.63. The average Bonchev–Trinajstić information content (AvgIpc) is 2.88. The first-order chi connectivity index (χ1) is 13.4. The molecule has 3 rings (SSSR count). The fraction of sp³-hybridized carbons (Fsp3) is 0.273. The molecule has 6 heteroatoms. The van der Waals surface area contributed by atoms with Crippen LogP contribution in [0, 0.1) is 13.8 Å². The molecule has 146 valence electrons. The summed E-state index contributed by atoms with van der Waals surface area (Å²) in [6.45, 7) is 5.29. The van der Waals surface area contributed by atoms with Crippen LogP contribution >= 0.6 is 24.0 Å². The molecule has 1 aliphatic rings. The standard InChI is InChI=1S/C22H23NO3S2/c1-15-10-16(2)12-19(11-15)26-9-5-8-25-18-7-4-6-17(13-18)14-20-21(24)23(3)22(27)28-20/h4,6-7,10-14H,5,8-9H2,1-3H3/b20-14-. The third-order valence-electron chi connectivity index (χ3n) is 4.16. The van der Waals surface area contributed by atoms with E-state index >= 15 is 0 Å². The van der Waals surface area contributed by atoms with Gasteiger partial charge in [0, 0.05) is 13.5 Å². The summed E-state index contributed by atoms with van der Waals surface area (Å²) in [6, 6.07) is 13.9. The lowest BCUT2D eigenvalue weighted by atomic mass is 10.1. The molecule has 4 nitrogen and oxygen atoms in total. The van der Waals surface area contributed by atoms with Crippen LogP contribution in [0.15, 0.2) is 47.4 Å². The molecule has 1 amide bonds. The normalized spacial score (nSPS) is 15.4. The number of hydrogen-bond donors (Lipinski definition) is 0. The molecular weight excluding hydrogens is 390 g/mol. The highest BCUT2D eigenvalue weighted by Crippen LogP contribution is 2.31. The van der Waals surface area contributed by atoms with Crippen molar-refractivity contribution < 1.29 is 14.3 Å². The van der Waals surface area contributed by atoms with E-state index in [-0.39, 0.29) is 5.91 Å². The lowest BCUT2D eigenvalue weighted by molar-refractivity contribution is -0.121. The summed E-state index contributed by atoms with van der Waals surface area (Å²) in [7, 11) is 1.69. The minimum Gasteiger partial charge on any atom is -0.493 e. The zero-order valence-corrected chi connectivity index (χ0v) is 17.9. The zero-order chi connectivity index (χ0) is 20.1. The number of thiocarbonyl (C=S) groups is 1. The molecule has 1 aliphatic heterocycles. The van der Waals surface area contributed by atoms with Crippen molar-refractivity contribution in [1.29, 1.82) is 0 Å². The van der Waals surface area contributed by atoms with Crippen molar-refractivity contribution >= 4 is 40.3 Å².